The fourth-order valence-corrected chi connectivity index (χ4v) is 2.95. The standard InChI is InChI=1S/C18H18N2O3S/c1-12-4-6-13(7-5-12)16(21)11-24-17-14(10-19)8-9-15(20-17)18(22-2)23-3/h4-9,18H,11H2,1-3H3. The quantitative estimate of drug-likeness (QED) is 0.435. The van der Waals surface area contributed by atoms with Crippen LogP contribution in [0.2, 0.25) is 0 Å². The van der Waals surface area contributed by atoms with Crippen LogP contribution in [0.1, 0.15) is 33.5 Å². The zero-order valence-corrected chi connectivity index (χ0v) is 14.6. The molecule has 0 saturated carbocycles. The highest BCUT2D eigenvalue weighted by atomic mass is 32.2. The molecule has 0 radical (unpaired) electrons. The van der Waals surface area contributed by atoms with Crippen LogP contribution < -0.4 is 0 Å². The number of aromatic nitrogens is 1. The Bertz CT molecular complexity index is 750. The highest BCUT2D eigenvalue weighted by Crippen LogP contribution is 2.25. The van der Waals surface area contributed by atoms with Crippen LogP contribution in [0.15, 0.2) is 41.4 Å². The Labute approximate surface area is 145 Å². The maximum Gasteiger partial charge on any atom is 0.200 e. The second kappa shape index (κ2) is 8.60. The molecule has 0 atom stereocenters. The summed E-state index contributed by atoms with van der Waals surface area (Å²) in [5.41, 5.74) is 2.73. The minimum Gasteiger partial charge on any atom is -0.350 e. The number of carbonyl (C=O) groups is 1. The molecule has 0 amide bonds. The summed E-state index contributed by atoms with van der Waals surface area (Å²) in [4.78, 5) is 16.7. The minimum atomic E-state index is -0.607. The van der Waals surface area contributed by atoms with Gasteiger partial charge in [-0.05, 0) is 19.1 Å². The molecule has 5 nitrogen and oxygen atoms in total. The van der Waals surface area contributed by atoms with Crippen molar-refractivity contribution in [1.82, 2.24) is 4.98 Å². The Balaban J connectivity index is 2.16. The van der Waals surface area contributed by atoms with Crippen LogP contribution in [0.4, 0.5) is 0 Å². The van der Waals surface area contributed by atoms with Crippen molar-refractivity contribution in [2.24, 2.45) is 0 Å². The Kier molecular flexibility index (Phi) is 6.50. The van der Waals surface area contributed by atoms with Crippen LogP contribution in [-0.4, -0.2) is 30.7 Å². The average molecular weight is 342 g/mol. The third-order valence-electron chi connectivity index (χ3n) is 3.39. The van der Waals surface area contributed by atoms with E-state index in [0.717, 1.165) is 5.56 Å². The zero-order valence-electron chi connectivity index (χ0n) is 13.8. The molecule has 0 spiro atoms. The van der Waals surface area contributed by atoms with Gasteiger partial charge in [0.1, 0.15) is 11.1 Å². The number of pyridine rings is 1. The van der Waals surface area contributed by atoms with Crippen LogP contribution in [-0.2, 0) is 9.47 Å². The Morgan fingerprint density at radius 3 is 2.46 bits per heavy atom. The molecule has 0 aliphatic heterocycles. The molecule has 0 N–H and O–H groups in total. The van der Waals surface area contributed by atoms with E-state index in [9.17, 15) is 10.1 Å². The summed E-state index contributed by atoms with van der Waals surface area (Å²) in [5, 5.41) is 9.72. The summed E-state index contributed by atoms with van der Waals surface area (Å²) >= 11 is 1.24. The van der Waals surface area contributed by atoms with Gasteiger partial charge in [-0.25, -0.2) is 4.98 Å². The fraction of sp³-hybridized carbons (Fsp3) is 0.278. The summed E-state index contributed by atoms with van der Waals surface area (Å²) < 4.78 is 10.4. The molecule has 0 fully saturated rings. The van der Waals surface area contributed by atoms with E-state index in [2.05, 4.69) is 11.1 Å². The van der Waals surface area contributed by atoms with E-state index in [4.69, 9.17) is 9.47 Å². The number of rotatable bonds is 7. The second-order valence-corrected chi connectivity index (χ2v) is 6.05. The van der Waals surface area contributed by atoms with Crippen molar-refractivity contribution in [2.75, 3.05) is 20.0 Å². The van der Waals surface area contributed by atoms with Gasteiger partial charge in [0.25, 0.3) is 0 Å². The first kappa shape index (κ1) is 18.1. The third kappa shape index (κ3) is 4.42. The smallest absolute Gasteiger partial charge is 0.200 e. The van der Waals surface area contributed by atoms with Crippen LogP contribution in [0.5, 0.6) is 0 Å². The normalized spacial score (nSPS) is 10.6. The van der Waals surface area contributed by atoms with Crippen LogP contribution >= 0.6 is 11.8 Å². The van der Waals surface area contributed by atoms with Crippen LogP contribution in [0, 0.1) is 18.3 Å². The van der Waals surface area contributed by atoms with Gasteiger partial charge in [0.2, 0.25) is 6.29 Å². The second-order valence-electron chi connectivity index (χ2n) is 5.08. The first-order valence-corrected chi connectivity index (χ1v) is 8.27. The zero-order chi connectivity index (χ0) is 17.5. The molecule has 0 aliphatic rings. The number of carbonyl (C=O) groups excluding carboxylic acids is 1. The van der Waals surface area contributed by atoms with Gasteiger partial charge in [0, 0.05) is 19.8 Å². The molecule has 1 aromatic carbocycles. The summed E-state index contributed by atoms with van der Waals surface area (Å²) in [6, 6.07) is 12.8. The van der Waals surface area contributed by atoms with Crippen molar-refractivity contribution in [3.05, 3.63) is 58.8 Å². The molecule has 24 heavy (non-hydrogen) atoms. The summed E-state index contributed by atoms with van der Waals surface area (Å²) in [5.74, 6) is 0.199. The number of ether oxygens (including phenoxy) is 2. The molecule has 124 valence electrons. The van der Waals surface area contributed by atoms with Gasteiger partial charge < -0.3 is 9.47 Å². The Hall–Kier alpha value is -2.20. The molecule has 2 rings (SSSR count). The number of aryl methyl sites for hydroxylation is 1. The van der Waals surface area contributed by atoms with Gasteiger partial charge in [-0.15, -0.1) is 0 Å². The molecule has 0 bridgehead atoms. The van der Waals surface area contributed by atoms with Crippen molar-refractivity contribution in [3.63, 3.8) is 0 Å². The summed E-state index contributed by atoms with van der Waals surface area (Å²) in [7, 11) is 3.03. The lowest BCUT2D eigenvalue weighted by atomic mass is 10.1. The van der Waals surface area contributed by atoms with Gasteiger partial charge in [0.05, 0.1) is 17.0 Å². The average Bonchev–Trinajstić information content (AvgIpc) is 2.61. The predicted octanol–water partition coefficient (Wildman–Crippen LogP) is 3.53. The molecular formula is C18H18N2O3S. The summed E-state index contributed by atoms with van der Waals surface area (Å²) in [6.07, 6.45) is -0.607. The number of hydrogen-bond donors (Lipinski definition) is 0. The lowest BCUT2D eigenvalue weighted by molar-refractivity contribution is -0.108. The van der Waals surface area contributed by atoms with Gasteiger partial charge >= 0.3 is 0 Å². The van der Waals surface area contributed by atoms with E-state index >= 15 is 0 Å². The number of Topliss-reactive ketones (excluding diaryl/α,β-unsaturated/α-hetero) is 1. The highest BCUT2D eigenvalue weighted by molar-refractivity contribution is 8.00. The first-order valence-electron chi connectivity index (χ1n) is 7.28. The number of methoxy groups -OCH3 is 2. The molecule has 1 aromatic heterocycles. The fourth-order valence-electron chi connectivity index (χ4n) is 2.08. The van der Waals surface area contributed by atoms with E-state index in [1.54, 1.807) is 24.3 Å². The number of hydrogen-bond acceptors (Lipinski definition) is 6. The van der Waals surface area contributed by atoms with Gasteiger partial charge in [-0.3, -0.25) is 4.79 Å². The monoisotopic (exact) mass is 342 g/mol. The molecule has 0 saturated heterocycles. The Morgan fingerprint density at radius 2 is 1.88 bits per heavy atom. The van der Waals surface area contributed by atoms with Crippen molar-refractivity contribution in [3.8, 4) is 6.07 Å². The number of benzene rings is 1. The van der Waals surface area contributed by atoms with Gasteiger partial charge in [-0.1, -0.05) is 41.6 Å². The molecular weight excluding hydrogens is 324 g/mol. The molecule has 0 aliphatic carbocycles. The molecule has 1 heterocycles. The van der Waals surface area contributed by atoms with Crippen LogP contribution in [0.25, 0.3) is 0 Å². The van der Waals surface area contributed by atoms with E-state index in [0.29, 0.717) is 21.8 Å². The van der Waals surface area contributed by atoms with E-state index < -0.39 is 6.29 Å². The van der Waals surface area contributed by atoms with E-state index in [-0.39, 0.29) is 11.5 Å². The third-order valence-corrected chi connectivity index (χ3v) is 4.38. The van der Waals surface area contributed by atoms with Gasteiger partial charge in [-0.2, -0.15) is 5.26 Å². The SMILES string of the molecule is COC(OC)c1ccc(C#N)c(SCC(=O)c2ccc(C)cc2)n1. The number of thioether (sulfide) groups is 1. The molecule has 2 aromatic rings. The number of nitriles is 1. The largest absolute Gasteiger partial charge is 0.350 e. The van der Waals surface area contributed by atoms with Crippen molar-refractivity contribution >= 4 is 17.5 Å². The lowest BCUT2D eigenvalue weighted by Gasteiger charge is -2.14. The number of ketones is 1. The van der Waals surface area contributed by atoms with Crippen molar-refractivity contribution < 1.29 is 14.3 Å². The van der Waals surface area contributed by atoms with Gasteiger partial charge in [0.15, 0.2) is 5.78 Å². The van der Waals surface area contributed by atoms with E-state index in [1.807, 2.05) is 19.1 Å². The maximum atomic E-state index is 12.3. The Morgan fingerprint density at radius 1 is 1.21 bits per heavy atom. The number of nitrogens with zero attached hydrogens (tertiary/aromatic N) is 2. The minimum absolute atomic E-state index is 0.00822. The molecule has 0 unspecified atom stereocenters. The van der Waals surface area contributed by atoms with Crippen molar-refractivity contribution in [2.45, 2.75) is 18.2 Å². The molecule has 6 heteroatoms. The topological polar surface area (TPSA) is 72.2 Å². The van der Waals surface area contributed by atoms with Crippen molar-refractivity contribution in [1.29, 1.82) is 5.26 Å². The first-order chi connectivity index (χ1) is 11.6. The highest BCUT2D eigenvalue weighted by Gasteiger charge is 2.15. The van der Waals surface area contributed by atoms with E-state index in [1.165, 1.54) is 26.0 Å². The maximum absolute atomic E-state index is 12.3. The summed E-state index contributed by atoms with van der Waals surface area (Å²) in [6.45, 7) is 1.97. The predicted molar refractivity (Wildman–Crippen MR) is 91.9 cm³/mol. The lowest BCUT2D eigenvalue weighted by Crippen LogP contribution is -2.08. The van der Waals surface area contributed by atoms with Crippen LogP contribution in [0.3, 0.4) is 0 Å².